The number of anilines is 1. The summed E-state index contributed by atoms with van der Waals surface area (Å²) >= 11 is 0. The van der Waals surface area contributed by atoms with Gasteiger partial charge in [-0.25, -0.2) is 14.1 Å². The second-order valence-corrected chi connectivity index (χ2v) is 7.95. The summed E-state index contributed by atoms with van der Waals surface area (Å²) in [5.74, 6) is -0.784. The van der Waals surface area contributed by atoms with E-state index in [4.69, 9.17) is 4.74 Å². The fraction of sp³-hybridized carbons (Fsp3) is 0.208. The van der Waals surface area contributed by atoms with Crippen molar-refractivity contribution in [3.63, 3.8) is 0 Å². The summed E-state index contributed by atoms with van der Waals surface area (Å²) < 4.78 is 64.1. The molecule has 4 aromatic rings. The van der Waals surface area contributed by atoms with Gasteiger partial charge in [0.05, 0.1) is 24.8 Å². The van der Waals surface area contributed by atoms with Crippen molar-refractivity contribution in [1.82, 2.24) is 19.3 Å². The van der Waals surface area contributed by atoms with Crippen molar-refractivity contribution in [3.8, 4) is 17.1 Å². The molecule has 0 saturated heterocycles. The highest BCUT2D eigenvalue weighted by Gasteiger charge is 2.42. The van der Waals surface area contributed by atoms with Crippen LogP contribution in [-0.4, -0.2) is 38.9 Å². The first-order chi connectivity index (χ1) is 16.8. The molecule has 0 radical (unpaired) electrons. The lowest BCUT2D eigenvalue weighted by Crippen LogP contribution is -2.32. The van der Waals surface area contributed by atoms with Crippen LogP contribution in [0.3, 0.4) is 0 Å². The Kier molecular flexibility index (Phi) is 5.54. The van der Waals surface area contributed by atoms with Gasteiger partial charge in [-0.3, -0.25) is 4.79 Å². The van der Waals surface area contributed by atoms with Gasteiger partial charge in [0.1, 0.15) is 17.3 Å². The maximum atomic E-state index is 14.9. The Labute approximate surface area is 197 Å². The number of amides is 1. The van der Waals surface area contributed by atoms with Crippen LogP contribution < -0.4 is 9.64 Å². The maximum absolute atomic E-state index is 14.9. The van der Waals surface area contributed by atoms with E-state index in [9.17, 15) is 22.4 Å². The summed E-state index contributed by atoms with van der Waals surface area (Å²) in [5, 5.41) is 3.79. The molecule has 3 heterocycles. The topological polar surface area (TPSA) is 65.2 Å². The zero-order valence-corrected chi connectivity index (χ0v) is 18.5. The summed E-state index contributed by atoms with van der Waals surface area (Å²) in [4.78, 5) is 18.8. The Balaban J connectivity index is 1.61. The summed E-state index contributed by atoms with van der Waals surface area (Å²) in [6.07, 6.45) is 0.0296. The van der Waals surface area contributed by atoms with E-state index in [0.717, 1.165) is 4.68 Å². The van der Waals surface area contributed by atoms with Gasteiger partial charge in [0.25, 0.3) is 5.91 Å². The quantitative estimate of drug-likeness (QED) is 0.389. The van der Waals surface area contributed by atoms with Gasteiger partial charge in [0.15, 0.2) is 5.69 Å². The molecule has 2 aromatic heterocycles. The van der Waals surface area contributed by atoms with Crippen molar-refractivity contribution in [3.05, 3.63) is 84.0 Å². The van der Waals surface area contributed by atoms with Crippen LogP contribution in [0.4, 0.5) is 23.2 Å². The molecule has 11 heteroatoms. The number of carbonyl (C=O) groups excluding carboxylic acids is 1. The van der Waals surface area contributed by atoms with Crippen molar-refractivity contribution in [2.24, 2.45) is 0 Å². The molecular weight excluding hydrogens is 466 g/mol. The smallest absolute Gasteiger partial charge is 0.435 e. The molecule has 0 spiro atoms. The summed E-state index contributed by atoms with van der Waals surface area (Å²) in [5.41, 5.74) is -0.720. The summed E-state index contributed by atoms with van der Waals surface area (Å²) in [6.45, 7) is 0.122. The molecule has 0 N–H and O–H groups in total. The lowest BCUT2D eigenvalue weighted by Gasteiger charge is -2.22. The van der Waals surface area contributed by atoms with E-state index in [-0.39, 0.29) is 47.7 Å². The first kappa shape index (κ1) is 22.6. The number of alkyl halides is 3. The predicted octanol–water partition coefficient (Wildman–Crippen LogP) is 4.82. The first-order valence-corrected chi connectivity index (χ1v) is 10.7. The highest BCUT2D eigenvalue weighted by atomic mass is 19.4. The van der Waals surface area contributed by atoms with Crippen LogP contribution in [0.15, 0.2) is 61.2 Å². The number of nitrogens with zero attached hydrogens (tertiary/aromatic N) is 5. The third-order valence-corrected chi connectivity index (χ3v) is 5.85. The normalized spacial score (nSPS) is 14.1. The number of hydrogen-bond acceptors (Lipinski definition) is 4. The Morgan fingerprint density at radius 3 is 2.43 bits per heavy atom. The van der Waals surface area contributed by atoms with Crippen molar-refractivity contribution >= 4 is 11.6 Å². The van der Waals surface area contributed by atoms with Crippen molar-refractivity contribution in [2.45, 2.75) is 19.0 Å². The molecule has 35 heavy (non-hydrogen) atoms. The number of methoxy groups -OCH3 is 1. The van der Waals surface area contributed by atoms with E-state index in [1.165, 1.54) is 53.4 Å². The second-order valence-electron chi connectivity index (χ2n) is 7.95. The number of halogens is 4. The standard InChI is InChI=1S/C24H19F4N5O2/c1-35-17-7-4-15(5-8-17)33-21-18(22(30-33)24(26,27)28)3-2-11-32(23(21)34)16-6-9-20(19(25)13-16)31-12-10-29-14-31/h4-10,12-14H,2-3,11H2,1H3. The minimum atomic E-state index is -4.74. The summed E-state index contributed by atoms with van der Waals surface area (Å²) in [6, 6.07) is 10.4. The number of fused-ring (bicyclic) bond motifs is 1. The van der Waals surface area contributed by atoms with Crippen LogP contribution in [0.1, 0.15) is 28.2 Å². The Bertz CT molecular complexity index is 1380. The van der Waals surface area contributed by atoms with Crippen molar-refractivity contribution in [1.29, 1.82) is 0 Å². The molecule has 0 aliphatic carbocycles. The Morgan fingerprint density at radius 2 is 1.80 bits per heavy atom. The first-order valence-electron chi connectivity index (χ1n) is 10.7. The maximum Gasteiger partial charge on any atom is 0.435 e. The van der Waals surface area contributed by atoms with E-state index < -0.39 is 23.6 Å². The zero-order valence-electron chi connectivity index (χ0n) is 18.5. The number of imidazole rings is 1. The second kappa shape index (κ2) is 8.57. The highest BCUT2D eigenvalue weighted by molar-refractivity contribution is 6.07. The number of benzene rings is 2. The molecule has 0 fully saturated rings. The molecule has 7 nitrogen and oxygen atoms in total. The zero-order chi connectivity index (χ0) is 24.7. The van der Waals surface area contributed by atoms with Gasteiger partial charge < -0.3 is 14.2 Å². The Morgan fingerprint density at radius 1 is 1.06 bits per heavy atom. The van der Waals surface area contributed by atoms with Gasteiger partial charge in [-0.1, -0.05) is 0 Å². The molecule has 180 valence electrons. The predicted molar refractivity (Wildman–Crippen MR) is 119 cm³/mol. The largest absolute Gasteiger partial charge is 0.497 e. The number of rotatable bonds is 4. The Hall–Kier alpha value is -4.15. The summed E-state index contributed by atoms with van der Waals surface area (Å²) in [7, 11) is 1.47. The molecule has 1 aliphatic heterocycles. The van der Waals surface area contributed by atoms with E-state index in [2.05, 4.69) is 10.1 Å². The third-order valence-electron chi connectivity index (χ3n) is 5.85. The molecule has 1 aliphatic rings. The van der Waals surface area contributed by atoms with Gasteiger partial charge in [-0.15, -0.1) is 0 Å². The van der Waals surface area contributed by atoms with Crippen molar-refractivity contribution < 1.29 is 27.1 Å². The number of ether oxygens (including phenoxy) is 1. The monoisotopic (exact) mass is 485 g/mol. The SMILES string of the molecule is COc1ccc(-n2nc(C(F)(F)F)c3c2C(=O)N(c2ccc(-n4ccnc4)c(F)c2)CCC3)cc1. The average Bonchev–Trinajstić information content (AvgIpc) is 3.46. The number of aromatic nitrogens is 4. The van der Waals surface area contributed by atoms with E-state index >= 15 is 0 Å². The van der Waals surface area contributed by atoms with Crippen LogP contribution in [-0.2, 0) is 12.6 Å². The lowest BCUT2D eigenvalue weighted by atomic mass is 10.1. The lowest BCUT2D eigenvalue weighted by molar-refractivity contribution is -0.141. The number of hydrogen-bond donors (Lipinski definition) is 0. The van der Waals surface area contributed by atoms with Gasteiger partial charge in [-0.2, -0.15) is 18.3 Å². The van der Waals surface area contributed by atoms with Gasteiger partial charge in [0.2, 0.25) is 0 Å². The van der Waals surface area contributed by atoms with Gasteiger partial charge in [0, 0.05) is 30.2 Å². The van der Waals surface area contributed by atoms with E-state index in [0.29, 0.717) is 5.75 Å². The van der Waals surface area contributed by atoms with Crippen LogP contribution in [0.2, 0.25) is 0 Å². The minimum absolute atomic E-state index is 0.00181. The van der Waals surface area contributed by atoms with Crippen molar-refractivity contribution in [2.75, 3.05) is 18.6 Å². The highest BCUT2D eigenvalue weighted by Crippen LogP contribution is 2.37. The fourth-order valence-electron chi connectivity index (χ4n) is 4.21. The van der Waals surface area contributed by atoms with Gasteiger partial charge >= 0.3 is 6.18 Å². The average molecular weight is 485 g/mol. The molecule has 2 aromatic carbocycles. The molecule has 0 saturated carbocycles. The van der Waals surface area contributed by atoms with Crippen LogP contribution in [0.25, 0.3) is 11.4 Å². The van der Waals surface area contributed by atoms with Crippen LogP contribution in [0, 0.1) is 5.82 Å². The molecule has 0 atom stereocenters. The number of carbonyl (C=O) groups is 1. The molecule has 0 bridgehead atoms. The molecule has 1 amide bonds. The van der Waals surface area contributed by atoms with E-state index in [1.807, 2.05) is 0 Å². The third kappa shape index (κ3) is 4.02. The fourth-order valence-corrected chi connectivity index (χ4v) is 4.21. The van der Waals surface area contributed by atoms with E-state index in [1.54, 1.807) is 24.4 Å². The minimum Gasteiger partial charge on any atom is -0.497 e. The molecule has 0 unspecified atom stereocenters. The molecule has 5 rings (SSSR count). The van der Waals surface area contributed by atoms with Gasteiger partial charge in [-0.05, 0) is 55.3 Å². The van der Waals surface area contributed by atoms with Crippen LogP contribution in [0.5, 0.6) is 5.75 Å². The molecular formula is C24H19F4N5O2. The van der Waals surface area contributed by atoms with Crippen LogP contribution >= 0.6 is 0 Å².